The van der Waals surface area contributed by atoms with E-state index in [1.807, 2.05) is 33.2 Å². The molecule has 1 aliphatic carbocycles. The molecule has 0 spiro atoms. The highest BCUT2D eigenvalue weighted by Crippen LogP contribution is 2.41. The number of nitrogens with zero attached hydrogens (tertiary/aromatic N) is 3. The van der Waals surface area contributed by atoms with Gasteiger partial charge in [-0.15, -0.1) is 0 Å². The molecule has 1 saturated heterocycles. The van der Waals surface area contributed by atoms with Crippen LogP contribution in [0.2, 0.25) is 0 Å². The van der Waals surface area contributed by atoms with Crippen molar-refractivity contribution < 1.29 is 24.2 Å². The number of amides is 2. The second-order valence-electron chi connectivity index (χ2n) is 12.1. The fourth-order valence-electron chi connectivity index (χ4n) is 5.65. The number of ether oxygens (including phenoxy) is 2. The Kier molecular flexibility index (Phi) is 6.19. The normalized spacial score (nSPS) is 20.6. The molecule has 9 nitrogen and oxygen atoms in total. The third-order valence-electron chi connectivity index (χ3n) is 7.97. The molecule has 206 valence electrons. The minimum Gasteiger partial charge on any atom is -0.444 e. The number of morpholine rings is 1. The summed E-state index contributed by atoms with van der Waals surface area (Å²) in [5.41, 5.74) is 5.21. The Labute approximate surface area is 228 Å². The predicted molar refractivity (Wildman–Crippen MR) is 146 cm³/mol. The molecular formula is C30H36N4O5. The van der Waals surface area contributed by atoms with Gasteiger partial charge in [-0.05, 0) is 86.9 Å². The number of rotatable bonds is 3. The summed E-state index contributed by atoms with van der Waals surface area (Å²) in [5.74, 6) is -0.204. The van der Waals surface area contributed by atoms with E-state index < -0.39 is 11.2 Å². The van der Waals surface area contributed by atoms with Crippen LogP contribution >= 0.6 is 0 Å². The number of nitrogens with one attached hydrogen (secondary N) is 1. The summed E-state index contributed by atoms with van der Waals surface area (Å²) >= 11 is 0. The predicted octanol–water partition coefficient (Wildman–Crippen LogP) is 4.26. The molecule has 1 unspecified atom stereocenters. The van der Waals surface area contributed by atoms with Crippen molar-refractivity contribution in [1.29, 1.82) is 0 Å². The van der Waals surface area contributed by atoms with E-state index >= 15 is 0 Å². The Morgan fingerprint density at radius 1 is 1.18 bits per heavy atom. The van der Waals surface area contributed by atoms with Gasteiger partial charge in [-0.25, -0.2) is 9.78 Å². The number of H-pyrrole nitrogens is 1. The first kappa shape index (κ1) is 25.8. The molecule has 2 aliphatic heterocycles. The van der Waals surface area contributed by atoms with Crippen LogP contribution in [0.5, 0.6) is 0 Å². The number of hydrogen-bond donors (Lipinski definition) is 2. The minimum absolute atomic E-state index is 0.204. The SMILES string of the molecule is Cc1c[nH]c2ncc(-c3cc4c(c(C5COCCN5C(=O)OC(C)(C)C)c3)CN(C(=O)C3(O)CC3)CC4)cc12. The van der Waals surface area contributed by atoms with Crippen LogP contribution in [0.4, 0.5) is 4.79 Å². The zero-order chi connectivity index (χ0) is 27.5. The van der Waals surface area contributed by atoms with Gasteiger partial charge in [-0.2, -0.15) is 0 Å². The molecule has 0 bridgehead atoms. The standard InChI is InChI=1S/C30H36N4O5/c1-18-14-31-26-22(18)13-21(15-32-26)20-11-19-5-8-33(27(35)30(37)6-7-30)16-24(19)23(12-20)25-17-38-10-9-34(25)28(36)39-29(2,3)4/h11-15,25,37H,5-10,16-17H2,1-4H3,(H,31,32). The Bertz CT molecular complexity index is 1450. The maximum Gasteiger partial charge on any atom is 0.410 e. The molecular weight excluding hydrogens is 496 g/mol. The lowest BCUT2D eigenvalue weighted by molar-refractivity contribution is -0.143. The van der Waals surface area contributed by atoms with E-state index in [0.717, 1.165) is 44.4 Å². The van der Waals surface area contributed by atoms with Gasteiger partial charge in [0, 0.05) is 43.0 Å². The third-order valence-corrected chi connectivity index (χ3v) is 7.97. The molecule has 9 heteroatoms. The van der Waals surface area contributed by atoms with Gasteiger partial charge in [0.15, 0.2) is 0 Å². The van der Waals surface area contributed by atoms with Crippen molar-refractivity contribution in [3.8, 4) is 11.1 Å². The van der Waals surface area contributed by atoms with E-state index in [9.17, 15) is 14.7 Å². The highest BCUT2D eigenvalue weighted by molar-refractivity contribution is 5.88. The maximum absolute atomic E-state index is 13.3. The maximum atomic E-state index is 13.3. The number of carbonyl (C=O) groups excluding carboxylic acids is 2. The number of aromatic amines is 1. The minimum atomic E-state index is -1.22. The molecule has 2 aromatic heterocycles. The first-order valence-electron chi connectivity index (χ1n) is 13.7. The van der Waals surface area contributed by atoms with Gasteiger partial charge in [0.25, 0.3) is 5.91 Å². The van der Waals surface area contributed by atoms with Crippen LogP contribution in [-0.4, -0.2) is 74.4 Å². The second-order valence-corrected chi connectivity index (χ2v) is 12.1. The van der Waals surface area contributed by atoms with Gasteiger partial charge in [-0.1, -0.05) is 6.07 Å². The van der Waals surface area contributed by atoms with Crippen molar-refractivity contribution in [2.45, 2.75) is 70.7 Å². The number of fused-ring (bicyclic) bond motifs is 2. The molecule has 1 saturated carbocycles. The van der Waals surface area contributed by atoms with Gasteiger partial charge in [0.2, 0.25) is 0 Å². The van der Waals surface area contributed by atoms with Crippen LogP contribution in [0.15, 0.2) is 30.6 Å². The number of aliphatic hydroxyl groups is 1. The Balaban J connectivity index is 1.44. The smallest absolute Gasteiger partial charge is 0.410 e. The highest BCUT2D eigenvalue weighted by Gasteiger charge is 2.50. The molecule has 0 radical (unpaired) electrons. The average Bonchev–Trinajstić information content (AvgIpc) is 3.57. The van der Waals surface area contributed by atoms with Gasteiger partial charge in [0.1, 0.15) is 16.8 Å². The third kappa shape index (κ3) is 4.89. The lowest BCUT2D eigenvalue weighted by Gasteiger charge is -2.40. The summed E-state index contributed by atoms with van der Waals surface area (Å²) in [7, 11) is 0. The van der Waals surface area contributed by atoms with Crippen LogP contribution in [0.3, 0.4) is 0 Å². The molecule has 39 heavy (non-hydrogen) atoms. The fourth-order valence-corrected chi connectivity index (χ4v) is 5.65. The second kappa shape index (κ2) is 9.34. The van der Waals surface area contributed by atoms with Gasteiger partial charge >= 0.3 is 6.09 Å². The topological polar surface area (TPSA) is 108 Å². The summed E-state index contributed by atoms with van der Waals surface area (Å²) in [6.07, 6.45) is 5.13. The summed E-state index contributed by atoms with van der Waals surface area (Å²) in [6.45, 7) is 9.76. The molecule has 2 amide bonds. The van der Waals surface area contributed by atoms with Gasteiger partial charge in [-0.3, -0.25) is 9.69 Å². The van der Waals surface area contributed by atoms with E-state index in [-0.39, 0.29) is 18.0 Å². The molecule has 2 fully saturated rings. The number of carbonyl (C=O) groups is 2. The van der Waals surface area contributed by atoms with E-state index in [0.29, 0.717) is 52.1 Å². The number of benzene rings is 1. The summed E-state index contributed by atoms with van der Waals surface area (Å²) in [5, 5.41) is 11.6. The average molecular weight is 533 g/mol. The van der Waals surface area contributed by atoms with Crippen molar-refractivity contribution in [3.63, 3.8) is 0 Å². The van der Waals surface area contributed by atoms with Crippen molar-refractivity contribution in [3.05, 3.63) is 52.8 Å². The van der Waals surface area contributed by atoms with Crippen LogP contribution in [0.25, 0.3) is 22.2 Å². The van der Waals surface area contributed by atoms with Crippen molar-refractivity contribution in [2.24, 2.45) is 0 Å². The Morgan fingerprint density at radius 3 is 2.72 bits per heavy atom. The Morgan fingerprint density at radius 2 is 1.97 bits per heavy atom. The molecule has 4 heterocycles. The van der Waals surface area contributed by atoms with Gasteiger partial charge < -0.3 is 24.5 Å². The van der Waals surface area contributed by atoms with E-state index in [4.69, 9.17) is 9.47 Å². The number of aromatic nitrogens is 2. The summed E-state index contributed by atoms with van der Waals surface area (Å²) in [6, 6.07) is 6.07. The molecule has 3 aromatic rings. The first-order chi connectivity index (χ1) is 18.5. The van der Waals surface area contributed by atoms with Crippen molar-refractivity contribution in [2.75, 3.05) is 26.3 Å². The number of aryl methyl sites for hydroxylation is 1. The molecule has 2 N–H and O–H groups in total. The van der Waals surface area contributed by atoms with E-state index in [2.05, 4.69) is 35.1 Å². The summed E-state index contributed by atoms with van der Waals surface area (Å²) < 4.78 is 11.7. The van der Waals surface area contributed by atoms with Gasteiger partial charge in [0.05, 0.1) is 19.3 Å². The summed E-state index contributed by atoms with van der Waals surface area (Å²) in [4.78, 5) is 37.8. The fraction of sp³-hybridized carbons (Fsp3) is 0.500. The largest absolute Gasteiger partial charge is 0.444 e. The zero-order valence-electron chi connectivity index (χ0n) is 23.0. The highest BCUT2D eigenvalue weighted by atomic mass is 16.6. The number of hydrogen-bond acceptors (Lipinski definition) is 6. The van der Waals surface area contributed by atoms with Crippen LogP contribution < -0.4 is 0 Å². The van der Waals surface area contributed by atoms with Crippen LogP contribution in [-0.2, 0) is 27.2 Å². The Hall–Kier alpha value is -3.43. The lowest BCUT2D eigenvalue weighted by Crippen LogP contribution is -2.47. The molecule has 1 atom stereocenters. The lowest BCUT2D eigenvalue weighted by atomic mass is 9.86. The monoisotopic (exact) mass is 532 g/mol. The number of pyridine rings is 1. The first-order valence-corrected chi connectivity index (χ1v) is 13.7. The zero-order valence-corrected chi connectivity index (χ0v) is 23.0. The van der Waals surface area contributed by atoms with Crippen LogP contribution in [0.1, 0.15) is 61.9 Å². The van der Waals surface area contributed by atoms with Crippen molar-refractivity contribution in [1.82, 2.24) is 19.8 Å². The van der Waals surface area contributed by atoms with Crippen molar-refractivity contribution >= 4 is 23.0 Å². The quantitative estimate of drug-likeness (QED) is 0.522. The van der Waals surface area contributed by atoms with E-state index in [1.165, 1.54) is 0 Å². The molecule has 1 aromatic carbocycles. The van der Waals surface area contributed by atoms with E-state index in [1.54, 1.807) is 9.80 Å². The molecule has 3 aliphatic rings. The van der Waals surface area contributed by atoms with Crippen LogP contribution in [0, 0.1) is 6.92 Å². The molecule has 6 rings (SSSR count).